The van der Waals surface area contributed by atoms with E-state index >= 15 is 0 Å². The summed E-state index contributed by atoms with van der Waals surface area (Å²) in [6.45, 7) is 3.53. The number of nitrogens with zero attached hydrogens (tertiary/aromatic N) is 2. The van der Waals surface area contributed by atoms with Gasteiger partial charge in [-0.15, -0.1) is 11.3 Å². The fourth-order valence-electron chi connectivity index (χ4n) is 1.75. The zero-order valence-electron chi connectivity index (χ0n) is 13.2. The number of rotatable bonds is 10. The first kappa shape index (κ1) is 18.5. The first-order chi connectivity index (χ1) is 10.6. The summed E-state index contributed by atoms with van der Waals surface area (Å²) >= 11 is 1.33. The van der Waals surface area contributed by atoms with Gasteiger partial charge in [-0.2, -0.15) is 0 Å². The minimum absolute atomic E-state index is 0.0170. The Hall–Kier alpha value is -1.51. The molecule has 1 heterocycles. The average molecular weight is 330 g/mol. The Morgan fingerprint density at radius 2 is 2.09 bits per heavy atom. The average Bonchev–Trinajstić information content (AvgIpc) is 2.95. The number of thiazole rings is 1. The van der Waals surface area contributed by atoms with Gasteiger partial charge in [0.25, 0.3) is 0 Å². The number of methoxy groups -OCH3 is 2. The third-order valence-corrected chi connectivity index (χ3v) is 3.59. The number of aromatic nitrogens is 1. The maximum Gasteiger partial charge on any atom is 0.357 e. The van der Waals surface area contributed by atoms with Crippen molar-refractivity contribution in [3.05, 3.63) is 16.1 Å². The molecule has 0 unspecified atom stereocenters. The number of carbonyl (C=O) groups excluding carboxylic acids is 2. The van der Waals surface area contributed by atoms with Gasteiger partial charge in [-0.05, 0) is 13.3 Å². The SMILES string of the molecule is CCOC(=O)c1csc(CN(CCCOC)C(=O)COC)n1. The van der Waals surface area contributed by atoms with Crippen molar-refractivity contribution >= 4 is 23.2 Å². The van der Waals surface area contributed by atoms with Gasteiger partial charge in [0.15, 0.2) is 5.69 Å². The molecule has 0 aromatic carbocycles. The fraction of sp³-hybridized carbons (Fsp3) is 0.643. The Bertz CT molecular complexity index is 478. The van der Waals surface area contributed by atoms with Gasteiger partial charge in [-0.1, -0.05) is 0 Å². The largest absolute Gasteiger partial charge is 0.461 e. The van der Waals surface area contributed by atoms with Gasteiger partial charge >= 0.3 is 5.97 Å². The van der Waals surface area contributed by atoms with E-state index in [1.165, 1.54) is 18.4 Å². The van der Waals surface area contributed by atoms with E-state index in [0.29, 0.717) is 31.3 Å². The lowest BCUT2D eigenvalue weighted by Crippen LogP contribution is -2.34. The van der Waals surface area contributed by atoms with Crippen LogP contribution >= 0.6 is 11.3 Å². The zero-order chi connectivity index (χ0) is 16.4. The van der Waals surface area contributed by atoms with Gasteiger partial charge in [0.2, 0.25) is 5.91 Å². The van der Waals surface area contributed by atoms with Crippen molar-refractivity contribution in [3.63, 3.8) is 0 Å². The fourth-order valence-corrected chi connectivity index (χ4v) is 2.53. The molecule has 0 N–H and O–H groups in total. The van der Waals surface area contributed by atoms with E-state index in [9.17, 15) is 9.59 Å². The Morgan fingerprint density at radius 3 is 2.73 bits per heavy atom. The molecule has 124 valence electrons. The highest BCUT2D eigenvalue weighted by molar-refractivity contribution is 7.09. The van der Waals surface area contributed by atoms with Crippen molar-refractivity contribution in [1.29, 1.82) is 0 Å². The monoisotopic (exact) mass is 330 g/mol. The topological polar surface area (TPSA) is 78.0 Å². The maximum absolute atomic E-state index is 12.0. The molecule has 0 aliphatic carbocycles. The lowest BCUT2D eigenvalue weighted by molar-refractivity contribution is -0.136. The van der Waals surface area contributed by atoms with E-state index in [1.807, 2.05) is 0 Å². The molecule has 1 aromatic rings. The normalized spacial score (nSPS) is 10.5. The standard InChI is InChI=1S/C14H22N2O5S/c1-4-21-14(18)11-10-22-12(15-11)8-16(6-5-7-19-2)13(17)9-20-3/h10H,4-9H2,1-3H3. The molecule has 0 aliphatic heterocycles. The summed E-state index contributed by atoms with van der Waals surface area (Å²) in [5, 5.41) is 2.33. The number of ether oxygens (including phenoxy) is 3. The number of hydrogen-bond donors (Lipinski definition) is 0. The van der Waals surface area contributed by atoms with Crippen molar-refractivity contribution in [3.8, 4) is 0 Å². The van der Waals surface area contributed by atoms with Crippen molar-refractivity contribution in [2.45, 2.75) is 19.9 Å². The van der Waals surface area contributed by atoms with Crippen molar-refractivity contribution in [2.24, 2.45) is 0 Å². The molecular formula is C14H22N2O5S. The highest BCUT2D eigenvalue weighted by Crippen LogP contribution is 2.14. The molecule has 0 aliphatic rings. The molecule has 0 bridgehead atoms. The van der Waals surface area contributed by atoms with Crippen LogP contribution in [0.4, 0.5) is 0 Å². The highest BCUT2D eigenvalue weighted by atomic mass is 32.1. The molecule has 1 amide bonds. The molecule has 0 atom stereocenters. The molecule has 22 heavy (non-hydrogen) atoms. The summed E-state index contributed by atoms with van der Waals surface area (Å²) in [4.78, 5) is 29.5. The lowest BCUT2D eigenvalue weighted by atomic mass is 10.3. The van der Waals surface area contributed by atoms with E-state index < -0.39 is 5.97 Å². The minimum Gasteiger partial charge on any atom is -0.461 e. The van der Waals surface area contributed by atoms with E-state index in [1.54, 1.807) is 24.3 Å². The van der Waals surface area contributed by atoms with E-state index in [2.05, 4.69) is 4.98 Å². The van der Waals surface area contributed by atoms with Crippen LogP contribution in [0, 0.1) is 0 Å². The van der Waals surface area contributed by atoms with Crippen LogP contribution < -0.4 is 0 Å². The van der Waals surface area contributed by atoms with Gasteiger partial charge in [-0.25, -0.2) is 9.78 Å². The van der Waals surface area contributed by atoms with Crippen LogP contribution in [-0.2, 0) is 25.5 Å². The molecule has 0 saturated carbocycles. The van der Waals surface area contributed by atoms with Crippen molar-refractivity contribution in [2.75, 3.05) is 40.6 Å². The van der Waals surface area contributed by atoms with Crippen molar-refractivity contribution < 1.29 is 23.8 Å². The van der Waals surface area contributed by atoms with Crippen LogP contribution in [0.1, 0.15) is 28.8 Å². The van der Waals surface area contributed by atoms with Gasteiger partial charge in [0.1, 0.15) is 11.6 Å². The molecular weight excluding hydrogens is 308 g/mol. The van der Waals surface area contributed by atoms with E-state index in [0.717, 1.165) is 6.42 Å². The summed E-state index contributed by atoms with van der Waals surface area (Å²) in [5.41, 5.74) is 0.276. The second-order valence-corrected chi connectivity index (χ2v) is 5.38. The predicted molar refractivity (Wildman–Crippen MR) is 81.9 cm³/mol. The predicted octanol–water partition coefficient (Wildman–Crippen LogP) is 1.33. The number of amides is 1. The van der Waals surface area contributed by atoms with Crippen molar-refractivity contribution in [1.82, 2.24) is 9.88 Å². The Balaban J connectivity index is 2.67. The zero-order valence-corrected chi connectivity index (χ0v) is 14.0. The summed E-state index contributed by atoms with van der Waals surface area (Å²) in [6, 6.07) is 0. The second kappa shape index (κ2) is 10.3. The van der Waals surface area contributed by atoms with E-state index in [4.69, 9.17) is 14.2 Å². The molecule has 1 aromatic heterocycles. The smallest absolute Gasteiger partial charge is 0.357 e. The van der Waals surface area contributed by atoms with Crippen LogP contribution in [0.2, 0.25) is 0 Å². The Labute approximate surface area is 134 Å². The molecule has 1 rings (SSSR count). The summed E-state index contributed by atoms with van der Waals surface area (Å²) in [6.07, 6.45) is 0.724. The van der Waals surface area contributed by atoms with Crippen LogP contribution in [0.5, 0.6) is 0 Å². The molecule has 7 nitrogen and oxygen atoms in total. The first-order valence-electron chi connectivity index (χ1n) is 6.99. The number of esters is 1. The van der Waals surface area contributed by atoms with Crippen LogP contribution in [0.15, 0.2) is 5.38 Å². The number of carbonyl (C=O) groups is 2. The van der Waals surface area contributed by atoms with Crippen LogP contribution in [0.3, 0.4) is 0 Å². The Kier molecular flexibility index (Phi) is 8.64. The van der Waals surface area contributed by atoms with E-state index in [-0.39, 0.29) is 18.2 Å². The Morgan fingerprint density at radius 1 is 1.32 bits per heavy atom. The van der Waals surface area contributed by atoms with Crippen LogP contribution in [-0.4, -0.2) is 62.3 Å². The molecule has 0 radical (unpaired) electrons. The summed E-state index contributed by atoms with van der Waals surface area (Å²) < 4.78 is 14.8. The molecule has 0 saturated heterocycles. The van der Waals surface area contributed by atoms with Gasteiger partial charge < -0.3 is 19.1 Å². The minimum atomic E-state index is -0.445. The highest BCUT2D eigenvalue weighted by Gasteiger charge is 2.17. The van der Waals surface area contributed by atoms with Gasteiger partial charge in [0, 0.05) is 32.8 Å². The van der Waals surface area contributed by atoms with Gasteiger partial charge in [-0.3, -0.25) is 4.79 Å². The lowest BCUT2D eigenvalue weighted by Gasteiger charge is -2.21. The second-order valence-electron chi connectivity index (χ2n) is 4.44. The summed E-state index contributed by atoms with van der Waals surface area (Å²) in [5.74, 6) is -0.564. The summed E-state index contributed by atoms with van der Waals surface area (Å²) in [7, 11) is 3.10. The molecule has 0 spiro atoms. The maximum atomic E-state index is 12.0. The number of hydrogen-bond acceptors (Lipinski definition) is 7. The van der Waals surface area contributed by atoms with Gasteiger partial charge in [0.05, 0.1) is 13.2 Å². The van der Waals surface area contributed by atoms with Crippen LogP contribution in [0.25, 0.3) is 0 Å². The first-order valence-corrected chi connectivity index (χ1v) is 7.87. The third kappa shape index (κ3) is 6.08. The quantitative estimate of drug-likeness (QED) is 0.476. The molecule has 8 heteroatoms. The third-order valence-electron chi connectivity index (χ3n) is 2.76. The molecule has 0 fully saturated rings.